The normalized spacial score (nSPS) is 10.2. The number of carbonyl (C=O) groups excluding carboxylic acids is 2. The maximum atomic E-state index is 12.1. The van der Waals surface area contributed by atoms with E-state index >= 15 is 0 Å². The van der Waals surface area contributed by atoms with Crippen molar-refractivity contribution in [3.8, 4) is 16.9 Å². The van der Waals surface area contributed by atoms with E-state index in [4.69, 9.17) is 4.74 Å². The fourth-order valence-electron chi connectivity index (χ4n) is 2.68. The van der Waals surface area contributed by atoms with Crippen LogP contribution in [0.15, 0.2) is 72.8 Å². The van der Waals surface area contributed by atoms with Gasteiger partial charge in [-0.2, -0.15) is 0 Å². The van der Waals surface area contributed by atoms with Crippen molar-refractivity contribution in [1.29, 1.82) is 0 Å². The molecule has 0 saturated carbocycles. The summed E-state index contributed by atoms with van der Waals surface area (Å²) in [6.45, 7) is 1.96. The summed E-state index contributed by atoms with van der Waals surface area (Å²) in [6.07, 6.45) is 0. The van der Waals surface area contributed by atoms with Gasteiger partial charge < -0.3 is 15.4 Å². The fourth-order valence-corrected chi connectivity index (χ4v) is 2.68. The summed E-state index contributed by atoms with van der Waals surface area (Å²) in [6, 6.07) is 22.6. The first-order valence-electron chi connectivity index (χ1n) is 8.97. The maximum absolute atomic E-state index is 12.1. The lowest BCUT2D eigenvalue weighted by Gasteiger charge is -2.09. The fraction of sp³-hybridized carbons (Fsp3) is 0.130. The molecule has 0 aromatic heterocycles. The summed E-state index contributed by atoms with van der Waals surface area (Å²) in [4.78, 5) is 23.6. The largest absolute Gasteiger partial charge is 0.484 e. The Labute approximate surface area is 164 Å². The Bertz CT molecular complexity index is 947. The molecule has 2 N–H and O–H groups in total. The lowest BCUT2D eigenvalue weighted by atomic mass is 10.0. The van der Waals surface area contributed by atoms with Crippen LogP contribution >= 0.6 is 0 Å². The van der Waals surface area contributed by atoms with E-state index in [1.54, 1.807) is 31.3 Å². The van der Waals surface area contributed by atoms with Crippen LogP contribution in [0.5, 0.6) is 5.75 Å². The van der Waals surface area contributed by atoms with Crippen LogP contribution in [-0.4, -0.2) is 25.5 Å². The second-order valence-corrected chi connectivity index (χ2v) is 6.38. The number of hydrogen-bond donors (Lipinski definition) is 2. The molecular formula is C23H22N2O3. The highest BCUT2D eigenvalue weighted by molar-refractivity contribution is 5.95. The van der Waals surface area contributed by atoms with Crippen molar-refractivity contribution in [2.75, 3.05) is 19.0 Å². The van der Waals surface area contributed by atoms with Crippen LogP contribution in [0.3, 0.4) is 0 Å². The molecule has 28 heavy (non-hydrogen) atoms. The van der Waals surface area contributed by atoms with Crippen molar-refractivity contribution in [3.63, 3.8) is 0 Å². The highest BCUT2D eigenvalue weighted by atomic mass is 16.5. The molecule has 0 heterocycles. The molecule has 3 aromatic carbocycles. The molecule has 0 aliphatic heterocycles. The molecule has 5 nitrogen and oxygen atoms in total. The zero-order valence-electron chi connectivity index (χ0n) is 15.9. The molecule has 0 atom stereocenters. The van der Waals surface area contributed by atoms with Gasteiger partial charge in [0.15, 0.2) is 6.61 Å². The third-order valence-corrected chi connectivity index (χ3v) is 4.27. The Kier molecular flexibility index (Phi) is 6.07. The van der Waals surface area contributed by atoms with Gasteiger partial charge in [0.2, 0.25) is 0 Å². The van der Waals surface area contributed by atoms with Crippen LogP contribution in [0.1, 0.15) is 15.9 Å². The Morgan fingerprint density at radius 1 is 0.821 bits per heavy atom. The van der Waals surface area contributed by atoms with Crippen molar-refractivity contribution in [1.82, 2.24) is 5.32 Å². The average Bonchev–Trinajstić information content (AvgIpc) is 2.73. The van der Waals surface area contributed by atoms with E-state index in [2.05, 4.69) is 41.8 Å². The van der Waals surface area contributed by atoms with E-state index in [0.717, 1.165) is 11.1 Å². The van der Waals surface area contributed by atoms with Crippen molar-refractivity contribution >= 4 is 17.5 Å². The molecule has 0 aliphatic carbocycles. The van der Waals surface area contributed by atoms with Crippen LogP contribution in [0.4, 0.5) is 5.69 Å². The predicted octanol–water partition coefficient (Wildman–Crippen LogP) is 4.04. The topological polar surface area (TPSA) is 67.4 Å². The Balaban J connectivity index is 1.53. The first-order valence-corrected chi connectivity index (χ1v) is 8.97. The summed E-state index contributed by atoms with van der Waals surface area (Å²) in [5.41, 5.74) is 4.59. The lowest BCUT2D eigenvalue weighted by molar-refractivity contribution is -0.118. The van der Waals surface area contributed by atoms with Crippen LogP contribution < -0.4 is 15.4 Å². The van der Waals surface area contributed by atoms with E-state index in [-0.39, 0.29) is 18.4 Å². The van der Waals surface area contributed by atoms with Gasteiger partial charge in [0.1, 0.15) is 5.75 Å². The number of rotatable bonds is 6. The molecule has 0 aliphatic rings. The van der Waals surface area contributed by atoms with Gasteiger partial charge in [-0.05, 0) is 54.4 Å². The lowest BCUT2D eigenvalue weighted by Crippen LogP contribution is -2.20. The average molecular weight is 374 g/mol. The molecule has 3 rings (SSSR count). The number of hydrogen-bond acceptors (Lipinski definition) is 3. The van der Waals surface area contributed by atoms with Crippen LogP contribution in [-0.2, 0) is 4.79 Å². The van der Waals surface area contributed by atoms with Crippen molar-refractivity contribution in [3.05, 3.63) is 83.9 Å². The van der Waals surface area contributed by atoms with E-state index < -0.39 is 0 Å². The zero-order chi connectivity index (χ0) is 19.9. The van der Waals surface area contributed by atoms with Gasteiger partial charge in [0.25, 0.3) is 11.8 Å². The monoisotopic (exact) mass is 374 g/mol. The predicted molar refractivity (Wildman–Crippen MR) is 111 cm³/mol. The number of benzene rings is 3. The number of nitrogens with one attached hydrogen (secondary N) is 2. The van der Waals surface area contributed by atoms with Crippen molar-refractivity contribution in [2.24, 2.45) is 0 Å². The first-order chi connectivity index (χ1) is 13.5. The molecular weight excluding hydrogens is 352 g/mol. The molecule has 0 saturated heterocycles. The Morgan fingerprint density at radius 3 is 1.96 bits per heavy atom. The number of carbonyl (C=O) groups is 2. The number of ether oxygens (including phenoxy) is 1. The van der Waals surface area contributed by atoms with Crippen molar-refractivity contribution in [2.45, 2.75) is 6.92 Å². The highest BCUT2D eigenvalue weighted by Crippen LogP contribution is 2.22. The molecule has 0 bridgehead atoms. The van der Waals surface area contributed by atoms with E-state index in [0.29, 0.717) is 17.0 Å². The second-order valence-electron chi connectivity index (χ2n) is 6.38. The van der Waals surface area contributed by atoms with E-state index in [1.165, 1.54) is 5.56 Å². The third kappa shape index (κ3) is 4.98. The summed E-state index contributed by atoms with van der Waals surface area (Å²) >= 11 is 0. The minimum atomic E-state index is -0.268. The van der Waals surface area contributed by atoms with E-state index in [9.17, 15) is 9.59 Å². The smallest absolute Gasteiger partial charge is 0.262 e. The van der Waals surface area contributed by atoms with Gasteiger partial charge in [0.05, 0.1) is 0 Å². The molecule has 5 heteroatoms. The molecule has 0 spiro atoms. The van der Waals surface area contributed by atoms with Gasteiger partial charge in [-0.1, -0.05) is 42.0 Å². The van der Waals surface area contributed by atoms with Gasteiger partial charge >= 0.3 is 0 Å². The van der Waals surface area contributed by atoms with E-state index in [1.807, 2.05) is 24.3 Å². The van der Waals surface area contributed by atoms with Gasteiger partial charge in [-0.3, -0.25) is 9.59 Å². The first kappa shape index (κ1) is 19.2. The maximum Gasteiger partial charge on any atom is 0.262 e. The van der Waals surface area contributed by atoms with Crippen LogP contribution in [0, 0.1) is 6.92 Å². The number of aryl methyl sites for hydroxylation is 1. The summed E-state index contributed by atoms with van der Waals surface area (Å²) < 4.78 is 5.55. The van der Waals surface area contributed by atoms with Crippen LogP contribution in [0.25, 0.3) is 11.1 Å². The van der Waals surface area contributed by atoms with Gasteiger partial charge in [-0.15, -0.1) is 0 Å². The molecule has 0 fully saturated rings. The van der Waals surface area contributed by atoms with Gasteiger partial charge in [-0.25, -0.2) is 0 Å². The Hall–Kier alpha value is -3.60. The Morgan fingerprint density at radius 2 is 1.39 bits per heavy atom. The summed E-state index contributed by atoms with van der Waals surface area (Å²) in [7, 11) is 1.57. The summed E-state index contributed by atoms with van der Waals surface area (Å²) in [5.74, 6) is 0.187. The summed E-state index contributed by atoms with van der Waals surface area (Å²) in [5, 5.41) is 5.29. The van der Waals surface area contributed by atoms with Crippen molar-refractivity contribution < 1.29 is 14.3 Å². The molecule has 2 amide bonds. The zero-order valence-corrected chi connectivity index (χ0v) is 15.9. The minimum absolute atomic E-state index is 0.0962. The third-order valence-electron chi connectivity index (χ3n) is 4.27. The SMILES string of the molecule is CNC(=O)c1ccc(NC(=O)COc2ccc(-c3ccc(C)cc3)cc2)cc1. The quantitative estimate of drug-likeness (QED) is 0.684. The molecule has 0 unspecified atom stereocenters. The van der Waals surface area contributed by atoms with Crippen LogP contribution in [0.2, 0.25) is 0 Å². The molecule has 142 valence electrons. The standard InChI is InChI=1S/C23H22N2O3/c1-16-3-5-17(6-4-16)18-9-13-21(14-10-18)28-15-22(26)25-20-11-7-19(8-12-20)23(27)24-2/h3-14H,15H2,1-2H3,(H,24,27)(H,25,26). The number of anilines is 1. The molecule has 3 aromatic rings. The molecule has 0 radical (unpaired) electrons. The highest BCUT2D eigenvalue weighted by Gasteiger charge is 2.06. The second kappa shape index (κ2) is 8.86. The number of amides is 2. The van der Waals surface area contributed by atoms with Gasteiger partial charge in [0, 0.05) is 18.3 Å². The minimum Gasteiger partial charge on any atom is -0.484 e.